The maximum absolute atomic E-state index is 9.37. The van der Waals surface area contributed by atoms with Crippen LogP contribution in [0, 0.1) is 0 Å². The van der Waals surface area contributed by atoms with E-state index in [-0.39, 0.29) is 69.6 Å². The van der Waals surface area contributed by atoms with Gasteiger partial charge in [0, 0.05) is 39.2 Å². The smallest absolute Gasteiger partial charge is 0.137 e. The Morgan fingerprint density at radius 2 is 1.01 bits per heavy atom. The largest absolute Gasteiger partial charge is 0.321 e. The van der Waals surface area contributed by atoms with Crippen LogP contribution < -0.4 is 9.80 Å². The fourth-order valence-corrected chi connectivity index (χ4v) is 9.21. The van der Waals surface area contributed by atoms with Crippen molar-refractivity contribution in [2.75, 3.05) is 16.5 Å². The number of para-hydroxylation sites is 3. The van der Waals surface area contributed by atoms with Gasteiger partial charge in [0.15, 0.2) is 0 Å². The van der Waals surface area contributed by atoms with E-state index >= 15 is 0 Å². The average Bonchev–Trinajstić information content (AvgIpc) is 2.51. The monoisotopic (exact) mass is 891 g/mol. The zero-order valence-corrected chi connectivity index (χ0v) is 40.2. The van der Waals surface area contributed by atoms with Gasteiger partial charge in [-0.3, -0.25) is 4.57 Å². The molecular weight excluding hydrogens is 813 g/mol. The van der Waals surface area contributed by atoms with Crippen LogP contribution in [0.3, 0.4) is 0 Å². The second kappa shape index (κ2) is 16.2. The predicted octanol–water partition coefficient (Wildman–Crippen LogP) is 17.0. The molecule has 336 valence electrons. The van der Waals surface area contributed by atoms with E-state index in [9.17, 15) is 6.85 Å². The van der Waals surface area contributed by atoms with Gasteiger partial charge in [0.1, 0.15) is 12.5 Å². The highest BCUT2D eigenvalue weighted by Gasteiger charge is 2.35. The van der Waals surface area contributed by atoms with Gasteiger partial charge in [0.25, 0.3) is 0 Å². The molecule has 0 saturated heterocycles. The molecule has 1 aliphatic heterocycles. The Balaban J connectivity index is 1.22. The van der Waals surface area contributed by atoms with Crippen LogP contribution in [0.25, 0.3) is 49.9 Å². The van der Waals surface area contributed by atoms with E-state index in [1.54, 1.807) is 18.3 Å². The fraction of sp³-hybridized carbons (Fsp3) is 0.254. The minimum Gasteiger partial charge on any atom is -0.321 e. The number of rotatable bonds is 7. The number of fused-ring (bicyclic) bond motifs is 4. The molecule has 10 rings (SSSR count). The van der Waals surface area contributed by atoms with Crippen molar-refractivity contribution in [2.45, 2.75) is 97.8 Å². The molecule has 4 heteroatoms. The molecule has 0 atom stereocenters. The Bertz CT molecular complexity index is 3990. The summed E-state index contributed by atoms with van der Waals surface area (Å²) in [5, 5.41) is 1.05. The van der Waals surface area contributed by atoms with E-state index in [4.69, 9.17) is 17.3 Å². The molecule has 0 unspecified atom stereocenters. The van der Waals surface area contributed by atoms with Crippen LogP contribution in [-0.2, 0) is 21.7 Å². The Labute approximate surface area is 418 Å². The zero-order valence-electron chi connectivity index (χ0n) is 54.2. The molecule has 7 aromatic carbocycles. The summed E-state index contributed by atoms with van der Waals surface area (Å²) in [5.41, 5.74) is 6.20. The molecule has 67 heavy (non-hydrogen) atoms. The number of aromatic nitrogens is 2. The normalized spacial score (nSPS) is 16.4. The standard InChI is InChI=1S/C63H64N4/c1-60(2,3)44-32-33-64-58(40-44)67-54-27-19-18-26-50(54)51-31-30-45(39-57(51)67)63(10,11)48-34-46(61(4,5)6)35-49(36-48)65-41-66(56-29-21-20-28-55(56)65)59-52(42-22-14-12-15-23-42)37-47(62(7,8)9)38-53(59)43-24-16-13-17-25-43/h12-40H,41H2,1-11H3/i12D,13D,14D,15D,16D,17D,18D,19D,22D,23D,24D,25D,26D,27D. The molecule has 0 amide bonds. The summed E-state index contributed by atoms with van der Waals surface area (Å²) < 4.78 is 128. The van der Waals surface area contributed by atoms with Gasteiger partial charge in [-0.1, -0.05) is 185 Å². The maximum Gasteiger partial charge on any atom is 0.137 e. The van der Waals surface area contributed by atoms with Gasteiger partial charge < -0.3 is 9.80 Å². The van der Waals surface area contributed by atoms with Gasteiger partial charge in [-0.15, -0.1) is 0 Å². The van der Waals surface area contributed by atoms with Crippen LogP contribution in [0.15, 0.2) is 176 Å². The zero-order chi connectivity index (χ0) is 59.2. The predicted molar refractivity (Wildman–Crippen MR) is 286 cm³/mol. The molecular formula is C63H64N4. The summed E-state index contributed by atoms with van der Waals surface area (Å²) in [7, 11) is 0. The van der Waals surface area contributed by atoms with Crippen molar-refractivity contribution in [3.8, 4) is 28.1 Å². The second-order valence-electron chi connectivity index (χ2n) is 21.2. The molecule has 3 heterocycles. The first-order valence-corrected chi connectivity index (χ1v) is 22.8. The first-order valence-electron chi connectivity index (χ1n) is 29.8. The number of benzene rings is 7. The lowest BCUT2D eigenvalue weighted by molar-refractivity contribution is 0.582. The van der Waals surface area contributed by atoms with Crippen molar-refractivity contribution < 1.29 is 19.2 Å². The quantitative estimate of drug-likeness (QED) is 0.159. The Morgan fingerprint density at radius 1 is 0.463 bits per heavy atom. The Hall–Kier alpha value is -6.91. The van der Waals surface area contributed by atoms with Crippen molar-refractivity contribution in [2.24, 2.45) is 0 Å². The third-order valence-corrected chi connectivity index (χ3v) is 13.3. The minimum absolute atomic E-state index is 0.0760. The van der Waals surface area contributed by atoms with E-state index in [0.717, 1.165) is 33.6 Å². The number of pyridine rings is 1. The third-order valence-electron chi connectivity index (χ3n) is 13.3. The lowest BCUT2D eigenvalue weighted by atomic mass is 9.75. The highest BCUT2D eigenvalue weighted by Crippen LogP contribution is 2.52. The van der Waals surface area contributed by atoms with Gasteiger partial charge in [0.05, 0.1) is 47.3 Å². The molecule has 0 fully saturated rings. The molecule has 0 N–H and O–H groups in total. The van der Waals surface area contributed by atoms with Gasteiger partial charge in [-0.05, 0) is 116 Å². The fourth-order valence-electron chi connectivity index (χ4n) is 9.21. The van der Waals surface area contributed by atoms with Crippen LogP contribution in [0.1, 0.15) is 123 Å². The summed E-state index contributed by atoms with van der Waals surface area (Å²) in [6, 6.07) is 21.7. The lowest BCUT2D eigenvalue weighted by Crippen LogP contribution is -2.27. The van der Waals surface area contributed by atoms with Crippen LogP contribution in [-0.4, -0.2) is 16.2 Å². The Morgan fingerprint density at radius 3 is 1.63 bits per heavy atom. The van der Waals surface area contributed by atoms with E-state index in [1.807, 2.05) is 78.8 Å². The number of anilines is 4. The highest BCUT2D eigenvalue weighted by atomic mass is 15.4. The summed E-state index contributed by atoms with van der Waals surface area (Å²) in [6.45, 7) is 23.0. The van der Waals surface area contributed by atoms with E-state index < -0.39 is 71.3 Å². The van der Waals surface area contributed by atoms with Gasteiger partial charge in [-0.2, -0.15) is 0 Å². The second-order valence-corrected chi connectivity index (χ2v) is 21.2. The first-order chi connectivity index (χ1) is 37.7. The van der Waals surface area contributed by atoms with Crippen molar-refractivity contribution in [1.29, 1.82) is 0 Å². The molecule has 0 bridgehead atoms. The van der Waals surface area contributed by atoms with Crippen LogP contribution >= 0.6 is 0 Å². The summed E-state index contributed by atoms with van der Waals surface area (Å²) in [6.07, 6.45) is 1.73. The van der Waals surface area contributed by atoms with Crippen LogP contribution in [0.5, 0.6) is 0 Å². The SMILES string of the molecule is [2H]c1c([2H])c([2H])c(-c2cc(C(C)(C)C)cc(-c3c([2H])c([2H])c([2H])c([2H])c3[2H])c2N2CN(c3cc(C(C)(C)C)cc(C(C)(C)c4ccc5c6c([2H])c([2H])c([2H])c([2H])c6n(-c6cc(C(C)(C)C)ccn6)c5c4)c3)c3ccccc32)c([2H])c1[2H]. The highest BCUT2D eigenvalue weighted by molar-refractivity contribution is 6.09. The van der Waals surface area contributed by atoms with Crippen molar-refractivity contribution in [3.05, 3.63) is 204 Å². The first kappa shape index (κ1) is 30.4. The molecule has 0 aliphatic carbocycles. The van der Waals surface area contributed by atoms with E-state index in [1.165, 1.54) is 0 Å². The van der Waals surface area contributed by atoms with E-state index in [2.05, 4.69) is 84.6 Å². The number of hydrogen-bond acceptors (Lipinski definition) is 3. The van der Waals surface area contributed by atoms with Gasteiger partial charge >= 0.3 is 0 Å². The lowest BCUT2D eigenvalue weighted by Gasteiger charge is -2.32. The van der Waals surface area contributed by atoms with Crippen molar-refractivity contribution >= 4 is 44.6 Å². The molecule has 0 saturated carbocycles. The summed E-state index contributed by atoms with van der Waals surface area (Å²) in [4.78, 5) is 8.91. The van der Waals surface area contributed by atoms with Crippen LogP contribution in [0.4, 0.5) is 22.7 Å². The molecule has 4 nitrogen and oxygen atoms in total. The topological polar surface area (TPSA) is 24.3 Å². The number of nitrogens with zero attached hydrogens (tertiary/aromatic N) is 4. The average molecular weight is 891 g/mol. The Kier molecular flexibility index (Phi) is 7.33. The molecule has 2 aromatic heterocycles. The molecule has 9 aromatic rings. The molecule has 0 radical (unpaired) electrons. The van der Waals surface area contributed by atoms with Gasteiger partial charge in [0.2, 0.25) is 0 Å². The minimum atomic E-state index is -0.745. The maximum atomic E-state index is 9.37. The van der Waals surface area contributed by atoms with Crippen LogP contribution in [0.2, 0.25) is 0 Å². The number of hydrogen-bond donors (Lipinski definition) is 0. The van der Waals surface area contributed by atoms with Crippen molar-refractivity contribution in [1.82, 2.24) is 9.55 Å². The van der Waals surface area contributed by atoms with Crippen molar-refractivity contribution in [3.63, 3.8) is 0 Å². The van der Waals surface area contributed by atoms with Gasteiger partial charge in [-0.25, -0.2) is 4.98 Å². The summed E-state index contributed by atoms with van der Waals surface area (Å²) >= 11 is 0. The van der Waals surface area contributed by atoms with E-state index in [0.29, 0.717) is 38.9 Å². The molecule has 1 aliphatic rings. The summed E-state index contributed by atoms with van der Waals surface area (Å²) in [5.74, 6) is 0.522. The third kappa shape index (κ3) is 7.90. The molecule has 0 spiro atoms.